The summed E-state index contributed by atoms with van der Waals surface area (Å²) in [5.74, 6) is 1.37. The van der Waals surface area contributed by atoms with Gasteiger partial charge in [0.1, 0.15) is 24.3 Å². The number of carbonyl (C=O) groups excluding carboxylic acids is 1. The molecular weight excluding hydrogens is 354 g/mol. The molecule has 0 saturated carbocycles. The second-order valence-electron chi connectivity index (χ2n) is 8.01. The van der Waals surface area contributed by atoms with Crippen LogP contribution in [0.2, 0.25) is 0 Å². The van der Waals surface area contributed by atoms with Gasteiger partial charge in [-0.15, -0.1) is 0 Å². The van der Waals surface area contributed by atoms with Gasteiger partial charge >= 0.3 is 0 Å². The van der Waals surface area contributed by atoms with Crippen LogP contribution in [0.15, 0.2) is 47.6 Å². The minimum absolute atomic E-state index is 0.0161. The molecule has 3 aliphatic heterocycles. The summed E-state index contributed by atoms with van der Waals surface area (Å²) in [7, 11) is 1.66. The molecule has 146 valence electrons. The Morgan fingerprint density at radius 3 is 3.07 bits per heavy atom. The largest absolute Gasteiger partial charge is 0.496 e. The lowest BCUT2D eigenvalue weighted by Gasteiger charge is -2.58. The van der Waals surface area contributed by atoms with E-state index in [1.165, 1.54) is 0 Å². The predicted octanol–water partition coefficient (Wildman–Crippen LogP) is 1.83. The molecule has 1 amide bonds. The van der Waals surface area contributed by atoms with Crippen LogP contribution in [0, 0.1) is 5.92 Å². The van der Waals surface area contributed by atoms with Gasteiger partial charge in [0.05, 0.1) is 24.1 Å². The molecule has 0 spiro atoms. The fraction of sp³-hybridized carbons (Fsp3) is 0.409. The highest BCUT2D eigenvalue weighted by Crippen LogP contribution is 2.46. The van der Waals surface area contributed by atoms with Crippen LogP contribution in [0.25, 0.3) is 6.08 Å². The summed E-state index contributed by atoms with van der Waals surface area (Å²) >= 11 is 0. The maximum atomic E-state index is 13.0. The van der Waals surface area contributed by atoms with Crippen molar-refractivity contribution in [3.63, 3.8) is 0 Å². The molecule has 3 heterocycles. The Balaban J connectivity index is 1.59. The number of hydrogen-bond donors (Lipinski definition) is 2. The molecule has 28 heavy (non-hydrogen) atoms. The Kier molecular flexibility index (Phi) is 3.89. The van der Waals surface area contributed by atoms with Crippen LogP contribution < -0.4 is 20.5 Å². The molecule has 0 radical (unpaired) electrons. The third-order valence-electron chi connectivity index (χ3n) is 6.64. The number of nitrogens with one attached hydrogen (secondary N) is 1. The molecule has 2 saturated heterocycles. The molecule has 2 unspecified atom stereocenters. The third kappa shape index (κ3) is 2.31. The van der Waals surface area contributed by atoms with Crippen molar-refractivity contribution in [2.75, 3.05) is 20.3 Å². The van der Waals surface area contributed by atoms with E-state index >= 15 is 0 Å². The van der Waals surface area contributed by atoms with E-state index in [4.69, 9.17) is 15.2 Å². The van der Waals surface area contributed by atoms with Crippen LogP contribution >= 0.6 is 0 Å². The lowest BCUT2D eigenvalue weighted by Crippen LogP contribution is -2.73. The quantitative estimate of drug-likeness (QED) is 0.820. The van der Waals surface area contributed by atoms with E-state index in [1.54, 1.807) is 7.11 Å². The molecule has 1 aromatic carbocycles. The Bertz CT molecular complexity index is 935. The summed E-state index contributed by atoms with van der Waals surface area (Å²) < 4.78 is 11.5. The smallest absolute Gasteiger partial charge is 0.230 e. The van der Waals surface area contributed by atoms with E-state index < -0.39 is 5.54 Å². The summed E-state index contributed by atoms with van der Waals surface area (Å²) in [6.45, 7) is 3.40. The number of nitrogens with two attached hydrogens (primary N) is 1. The number of hydrogen-bond acceptors (Lipinski definition) is 5. The minimum Gasteiger partial charge on any atom is -0.496 e. The SMILES string of the molecule is COc1cccc2c1C=C([C@H]1NC(=O)C3C=CC=C4[C@H](N)CCN1C43C)CO2. The van der Waals surface area contributed by atoms with Crippen LogP contribution in [-0.2, 0) is 4.79 Å². The van der Waals surface area contributed by atoms with E-state index in [9.17, 15) is 4.79 Å². The van der Waals surface area contributed by atoms with E-state index in [1.807, 2.05) is 30.4 Å². The number of methoxy groups -OCH3 is 1. The number of amides is 1. The highest BCUT2D eigenvalue weighted by atomic mass is 16.5. The lowest BCUT2D eigenvalue weighted by molar-refractivity contribution is -0.138. The topological polar surface area (TPSA) is 76.8 Å². The van der Waals surface area contributed by atoms with Crippen LogP contribution in [0.1, 0.15) is 18.9 Å². The van der Waals surface area contributed by atoms with Crippen molar-refractivity contribution in [3.05, 3.63) is 53.1 Å². The minimum atomic E-state index is -0.415. The van der Waals surface area contributed by atoms with E-state index in [0.717, 1.165) is 41.2 Å². The number of nitrogens with zero attached hydrogens (tertiary/aromatic N) is 1. The van der Waals surface area contributed by atoms with Crippen LogP contribution in [0.4, 0.5) is 0 Å². The Morgan fingerprint density at radius 2 is 2.25 bits per heavy atom. The van der Waals surface area contributed by atoms with Crippen molar-refractivity contribution in [2.45, 2.75) is 31.1 Å². The van der Waals surface area contributed by atoms with Crippen molar-refractivity contribution in [1.82, 2.24) is 10.2 Å². The summed E-state index contributed by atoms with van der Waals surface area (Å²) in [6, 6.07) is 5.76. The molecule has 1 aromatic rings. The van der Waals surface area contributed by atoms with Crippen molar-refractivity contribution < 1.29 is 14.3 Å². The van der Waals surface area contributed by atoms with Crippen molar-refractivity contribution in [2.24, 2.45) is 11.7 Å². The zero-order valence-electron chi connectivity index (χ0n) is 16.1. The first-order valence-corrected chi connectivity index (χ1v) is 9.76. The van der Waals surface area contributed by atoms with Crippen molar-refractivity contribution >= 4 is 12.0 Å². The third-order valence-corrected chi connectivity index (χ3v) is 6.64. The summed E-state index contributed by atoms with van der Waals surface area (Å²) in [4.78, 5) is 15.4. The van der Waals surface area contributed by atoms with Gasteiger partial charge in [0.2, 0.25) is 5.91 Å². The van der Waals surface area contributed by atoms with Crippen molar-refractivity contribution in [1.29, 1.82) is 0 Å². The maximum Gasteiger partial charge on any atom is 0.230 e. The fourth-order valence-electron chi connectivity index (χ4n) is 5.17. The molecule has 4 atom stereocenters. The zero-order chi connectivity index (χ0) is 19.5. The van der Waals surface area contributed by atoms with Gasteiger partial charge in [-0.2, -0.15) is 0 Å². The number of carbonyl (C=O) groups is 1. The Hall–Kier alpha value is -2.57. The van der Waals surface area contributed by atoms with Crippen LogP contribution in [0.3, 0.4) is 0 Å². The summed E-state index contributed by atoms with van der Waals surface area (Å²) in [6.07, 6.45) is 8.78. The number of benzene rings is 1. The highest BCUT2D eigenvalue weighted by Gasteiger charge is 2.56. The number of rotatable bonds is 2. The molecule has 1 aliphatic carbocycles. The van der Waals surface area contributed by atoms with Crippen molar-refractivity contribution in [3.8, 4) is 11.5 Å². The monoisotopic (exact) mass is 379 g/mol. The number of ether oxygens (including phenoxy) is 2. The first-order chi connectivity index (χ1) is 13.5. The Morgan fingerprint density at radius 1 is 1.39 bits per heavy atom. The van der Waals surface area contributed by atoms with Crippen LogP contribution in [-0.4, -0.2) is 48.8 Å². The normalized spacial score (nSPS) is 33.7. The van der Waals surface area contributed by atoms with E-state index in [0.29, 0.717) is 6.61 Å². The van der Waals surface area contributed by atoms with Gasteiger partial charge in [-0.3, -0.25) is 9.69 Å². The Labute approximate surface area is 164 Å². The summed E-state index contributed by atoms with van der Waals surface area (Å²) in [5.41, 5.74) is 9.10. The second-order valence-corrected chi connectivity index (χ2v) is 8.01. The van der Waals surface area contributed by atoms with Gasteiger partial charge < -0.3 is 20.5 Å². The predicted molar refractivity (Wildman–Crippen MR) is 107 cm³/mol. The lowest BCUT2D eigenvalue weighted by atomic mass is 9.67. The molecule has 5 rings (SSSR count). The molecule has 0 aromatic heterocycles. The van der Waals surface area contributed by atoms with Gasteiger partial charge in [-0.25, -0.2) is 0 Å². The molecule has 0 bridgehead atoms. The first-order valence-electron chi connectivity index (χ1n) is 9.76. The zero-order valence-corrected chi connectivity index (χ0v) is 16.1. The highest BCUT2D eigenvalue weighted by molar-refractivity contribution is 5.86. The first kappa shape index (κ1) is 17.5. The second kappa shape index (κ2) is 6.22. The molecule has 4 aliphatic rings. The molecule has 6 heteroatoms. The van der Waals surface area contributed by atoms with Crippen LogP contribution in [0.5, 0.6) is 11.5 Å². The average Bonchev–Trinajstić information content (AvgIpc) is 2.70. The fourth-order valence-corrected chi connectivity index (χ4v) is 5.17. The average molecular weight is 379 g/mol. The van der Waals surface area contributed by atoms with Gasteiger partial charge in [0, 0.05) is 18.2 Å². The summed E-state index contributed by atoms with van der Waals surface area (Å²) in [5, 5.41) is 3.23. The standard InChI is InChI=1S/C22H25N3O3/c1-22-15-5-3-6-16(22)21(26)24-20(25(22)10-9-17(15)23)13-11-14-18(27-2)7-4-8-19(14)28-12-13/h3-8,11,16-17,20H,9-10,12,23H2,1-2H3,(H,24,26)/t16?,17-,20+,22?/m1/s1. The maximum absolute atomic E-state index is 13.0. The number of fused-ring (bicyclic) bond motifs is 1. The van der Waals surface area contributed by atoms with Gasteiger partial charge in [0.15, 0.2) is 0 Å². The van der Waals surface area contributed by atoms with Gasteiger partial charge in [0.25, 0.3) is 0 Å². The molecular formula is C22H25N3O3. The molecule has 2 fully saturated rings. The van der Waals surface area contributed by atoms with E-state index in [-0.39, 0.29) is 24.0 Å². The van der Waals surface area contributed by atoms with E-state index in [2.05, 4.69) is 29.3 Å². The van der Waals surface area contributed by atoms with Gasteiger partial charge in [-0.05, 0) is 37.1 Å². The van der Waals surface area contributed by atoms with Gasteiger partial charge in [-0.1, -0.05) is 24.3 Å². The number of allylic oxidation sites excluding steroid dienone is 2. The molecule has 6 nitrogen and oxygen atoms in total. The number of piperidine rings is 1. The molecule has 3 N–H and O–H groups in total.